The minimum atomic E-state index is -0.749. The van der Waals surface area contributed by atoms with Gasteiger partial charge >= 0.3 is 0 Å². The summed E-state index contributed by atoms with van der Waals surface area (Å²) >= 11 is 0. The highest BCUT2D eigenvalue weighted by atomic mass is 16.5. The lowest BCUT2D eigenvalue weighted by Gasteiger charge is -2.16. The molecular weight excluding hydrogens is 254 g/mol. The first-order chi connectivity index (χ1) is 9.72. The van der Waals surface area contributed by atoms with Crippen molar-refractivity contribution in [2.75, 3.05) is 20.3 Å². The predicted octanol–water partition coefficient (Wildman–Crippen LogP) is 2.50. The van der Waals surface area contributed by atoms with Crippen LogP contribution in [-0.4, -0.2) is 30.4 Å². The van der Waals surface area contributed by atoms with Crippen LogP contribution in [0.1, 0.15) is 22.8 Å². The third-order valence-electron chi connectivity index (χ3n) is 2.97. The van der Waals surface area contributed by atoms with Gasteiger partial charge < -0.3 is 14.6 Å². The lowest BCUT2D eigenvalue weighted by Crippen LogP contribution is -2.08. The van der Waals surface area contributed by atoms with Crippen molar-refractivity contribution < 1.29 is 14.6 Å². The van der Waals surface area contributed by atoms with Gasteiger partial charge in [-0.3, -0.25) is 4.98 Å². The lowest BCUT2D eigenvalue weighted by atomic mass is 10.0. The zero-order valence-corrected chi connectivity index (χ0v) is 11.7. The highest BCUT2D eigenvalue weighted by molar-refractivity contribution is 5.40. The number of hydrogen-bond donors (Lipinski definition) is 1. The molecule has 0 bridgehead atoms. The Labute approximate surface area is 119 Å². The van der Waals surface area contributed by atoms with Crippen LogP contribution >= 0.6 is 0 Å². The van der Waals surface area contributed by atoms with Gasteiger partial charge in [0.1, 0.15) is 18.5 Å². The van der Waals surface area contributed by atoms with Crippen molar-refractivity contribution in [1.29, 1.82) is 0 Å². The van der Waals surface area contributed by atoms with Gasteiger partial charge in [-0.05, 0) is 18.6 Å². The Balaban J connectivity index is 2.23. The fourth-order valence-electron chi connectivity index (χ4n) is 1.98. The summed E-state index contributed by atoms with van der Waals surface area (Å²) in [6.45, 7) is 2.91. The Morgan fingerprint density at radius 2 is 2.00 bits per heavy atom. The Morgan fingerprint density at radius 1 is 1.20 bits per heavy atom. The van der Waals surface area contributed by atoms with E-state index in [1.165, 1.54) is 0 Å². The fraction of sp³-hybridized carbons (Fsp3) is 0.312. The largest absolute Gasteiger partial charge is 0.491 e. The molecule has 1 aromatic heterocycles. The molecule has 1 aromatic carbocycles. The monoisotopic (exact) mass is 273 g/mol. The van der Waals surface area contributed by atoms with Crippen LogP contribution in [-0.2, 0) is 4.74 Å². The Bertz CT molecular complexity index is 557. The van der Waals surface area contributed by atoms with Crippen LogP contribution < -0.4 is 4.74 Å². The first-order valence-electron chi connectivity index (χ1n) is 6.52. The maximum Gasteiger partial charge on any atom is 0.125 e. The molecule has 0 aliphatic carbocycles. The average molecular weight is 273 g/mol. The second kappa shape index (κ2) is 7.03. The molecule has 106 valence electrons. The highest BCUT2D eigenvalue weighted by Gasteiger charge is 2.15. The summed E-state index contributed by atoms with van der Waals surface area (Å²) in [4.78, 5) is 4.12. The van der Waals surface area contributed by atoms with Gasteiger partial charge in [0.2, 0.25) is 0 Å². The molecule has 20 heavy (non-hydrogen) atoms. The summed E-state index contributed by atoms with van der Waals surface area (Å²) in [5, 5.41) is 10.5. The van der Waals surface area contributed by atoms with Crippen molar-refractivity contribution >= 4 is 0 Å². The summed E-state index contributed by atoms with van der Waals surface area (Å²) in [7, 11) is 1.63. The molecule has 0 aliphatic heterocycles. The van der Waals surface area contributed by atoms with E-state index in [0.717, 1.165) is 16.7 Å². The molecule has 1 unspecified atom stereocenters. The number of para-hydroxylation sites is 1. The van der Waals surface area contributed by atoms with Crippen molar-refractivity contribution in [3.8, 4) is 5.75 Å². The minimum Gasteiger partial charge on any atom is -0.491 e. The Hall–Kier alpha value is -1.91. The predicted molar refractivity (Wildman–Crippen MR) is 76.8 cm³/mol. The van der Waals surface area contributed by atoms with Crippen LogP contribution in [0.15, 0.2) is 42.7 Å². The number of rotatable bonds is 6. The van der Waals surface area contributed by atoms with Crippen molar-refractivity contribution in [2.24, 2.45) is 0 Å². The second-order valence-corrected chi connectivity index (χ2v) is 4.58. The molecule has 0 saturated heterocycles. The van der Waals surface area contributed by atoms with E-state index in [1.807, 2.05) is 37.3 Å². The van der Waals surface area contributed by atoms with Gasteiger partial charge in [0.15, 0.2) is 0 Å². The zero-order valence-electron chi connectivity index (χ0n) is 11.7. The maximum atomic E-state index is 10.5. The molecule has 0 fully saturated rings. The topological polar surface area (TPSA) is 51.6 Å². The number of benzene rings is 1. The smallest absolute Gasteiger partial charge is 0.125 e. The summed E-state index contributed by atoms with van der Waals surface area (Å²) in [6, 6.07) is 9.38. The van der Waals surface area contributed by atoms with Crippen molar-refractivity contribution in [3.05, 3.63) is 59.4 Å². The third-order valence-corrected chi connectivity index (χ3v) is 2.97. The molecule has 1 atom stereocenters. The van der Waals surface area contributed by atoms with E-state index in [4.69, 9.17) is 9.47 Å². The quantitative estimate of drug-likeness (QED) is 0.822. The summed E-state index contributed by atoms with van der Waals surface area (Å²) < 4.78 is 10.6. The molecule has 0 radical (unpaired) electrons. The van der Waals surface area contributed by atoms with Gasteiger partial charge in [-0.2, -0.15) is 0 Å². The molecule has 0 amide bonds. The van der Waals surface area contributed by atoms with Crippen LogP contribution in [0.2, 0.25) is 0 Å². The molecule has 1 N–H and O–H groups in total. The summed E-state index contributed by atoms with van der Waals surface area (Å²) in [5.74, 6) is 0.665. The molecule has 0 aliphatic rings. The van der Waals surface area contributed by atoms with E-state index in [2.05, 4.69) is 4.98 Å². The van der Waals surface area contributed by atoms with Crippen LogP contribution in [0, 0.1) is 6.92 Å². The molecule has 0 spiro atoms. The average Bonchev–Trinajstić information content (AvgIpc) is 2.47. The van der Waals surface area contributed by atoms with Crippen LogP contribution in [0.25, 0.3) is 0 Å². The maximum absolute atomic E-state index is 10.5. The molecule has 1 heterocycles. The van der Waals surface area contributed by atoms with Crippen LogP contribution in [0.4, 0.5) is 0 Å². The second-order valence-electron chi connectivity index (χ2n) is 4.58. The first-order valence-corrected chi connectivity index (χ1v) is 6.52. The number of aromatic nitrogens is 1. The van der Waals surface area contributed by atoms with E-state index in [0.29, 0.717) is 19.0 Å². The standard InChI is InChI=1S/C16H19NO3/c1-12-9-13(11-17-10-12)16(18)14-5-3-4-6-15(14)20-8-7-19-2/h3-6,9-11,16,18H,7-8H2,1-2H3. The van der Waals surface area contributed by atoms with E-state index in [-0.39, 0.29) is 0 Å². The lowest BCUT2D eigenvalue weighted by molar-refractivity contribution is 0.142. The number of pyridine rings is 1. The van der Waals surface area contributed by atoms with Gasteiger partial charge in [0.05, 0.1) is 6.61 Å². The SMILES string of the molecule is COCCOc1ccccc1C(O)c1cncc(C)c1. The third kappa shape index (κ3) is 3.56. The first kappa shape index (κ1) is 14.5. The number of aliphatic hydroxyl groups excluding tert-OH is 1. The molecular formula is C16H19NO3. The number of nitrogens with zero attached hydrogens (tertiary/aromatic N) is 1. The van der Waals surface area contributed by atoms with Crippen molar-refractivity contribution in [1.82, 2.24) is 4.98 Å². The van der Waals surface area contributed by atoms with Gasteiger partial charge in [-0.25, -0.2) is 0 Å². The number of methoxy groups -OCH3 is 1. The molecule has 4 heteroatoms. The van der Waals surface area contributed by atoms with Gasteiger partial charge in [0.25, 0.3) is 0 Å². The molecule has 2 rings (SSSR count). The number of aryl methyl sites for hydroxylation is 1. The number of hydrogen-bond acceptors (Lipinski definition) is 4. The van der Waals surface area contributed by atoms with Crippen LogP contribution in [0.3, 0.4) is 0 Å². The molecule has 0 saturated carbocycles. The fourth-order valence-corrected chi connectivity index (χ4v) is 1.98. The Kier molecular flexibility index (Phi) is 5.09. The Morgan fingerprint density at radius 3 is 2.75 bits per heavy atom. The highest BCUT2D eigenvalue weighted by Crippen LogP contribution is 2.29. The van der Waals surface area contributed by atoms with Crippen molar-refractivity contribution in [2.45, 2.75) is 13.0 Å². The molecule has 4 nitrogen and oxygen atoms in total. The number of aliphatic hydroxyl groups is 1. The van der Waals surface area contributed by atoms with Crippen LogP contribution in [0.5, 0.6) is 5.75 Å². The van der Waals surface area contributed by atoms with Gasteiger partial charge in [0, 0.05) is 30.6 Å². The number of ether oxygens (including phenoxy) is 2. The van der Waals surface area contributed by atoms with E-state index in [1.54, 1.807) is 19.5 Å². The summed E-state index contributed by atoms with van der Waals surface area (Å²) in [6.07, 6.45) is 2.68. The molecule has 2 aromatic rings. The van der Waals surface area contributed by atoms with Crippen molar-refractivity contribution in [3.63, 3.8) is 0 Å². The minimum absolute atomic E-state index is 0.451. The summed E-state index contributed by atoms with van der Waals surface area (Å²) in [5.41, 5.74) is 2.50. The van der Waals surface area contributed by atoms with Gasteiger partial charge in [-0.15, -0.1) is 0 Å². The van der Waals surface area contributed by atoms with E-state index in [9.17, 15) is 5.11 Å². The van der Waals surface area contributed by atoms with E-state index < -0.39 is 6.10 Å². The van der Waals surface area contributed by atoms with Gasteiger partial charge in [-0.1, -0.05) is 24.3 Å². The zero-order chi connectivity index (χ0) is 14.4. The van der Waals surface area contributed by atoms with E-state index >= 15 is 0 Å². The normalized spacial score (nSPS) is 12.2.